The molecule has 65 heavy (non-hydrogen) atoms. The van der Waals surface area contributed by atoms with Crippen molar-refractivity contribution in [3.05, 3.63) is 72.9 Å². The predicted molar refractivity (Wildman–Crippen MR) is 282 cm³/mol. The Hall–Kier alpha value is -2.70. The molecule has 0 aliphatic rings. The minimum Gasteiger partial charge on any atom is -0.462 e. The van der Waals surface area contributed by atoms with Crippen LogP contribution in [0.4, 0.5) is 0 Å². The van der Waals surface area contributed by atoms with Crippen molar-refractivity contribution in [3.63, 3.8) is 0 Å². The number of nitrogens with one attached hydrogen (secondary N) is 1. The first-order chi connectivity index (χ1) is 32.0. The Morgan fingerprint density at radius 3 is 1.29 bits per heavy atom. The molecule has 1 amide bonds. The minimum absolute atomic E-state index is 0.0387. The van der Waals surface area contributed by atoms with Gasteiger partial charge in [-0.15, -0.1) is 0 Å². The summed E-state index contributed by atoms with van der Waals surface area (Å²) in [5.74, 6) is -0.543. The summed E-state index contributed by atoms with van der Waals surface area (Å²) >= 11 is 0. The summed E-state index contributed by atoms with van der Waals surface area (Å²) in [6, 6.07) is -0.723. The van der Waals surface area contributed by atoms with Crippen molar-refractivity contribution in [1.29, 1.82) is 0 Å². The minimum atomic E-state index is -0.807. The van der Waals surface area contributed by atoms with Gasteiger partial charge in [-0.25, -0.2) is 0 Å². The van der Waals surface area contributed by atoms with Crippen LogP contribution < -0.4 is 5.32 Å². The van der Waals surface area contributed by atoms with Gasteiger partial charge in [0.25, 0.3) is 0 Å². The molecule has 376 valence electrons. The van der Waals surface area contributed by atoms with Gasteiger partial charge in [0.15, 0.2) is 0 Å². The zero-order valence-electron chi connectivity index (χ0n) is 42.9. The molecular weight excluding hydrogens is 803 g/mol. The maximum atomic E-state index is 13.2. The van der Waals surface area contributed by atoms with Crippen LogP contribution in [0.25, 0.3) is 0 Å². The van der Waals surface area contributed by atoms with Crippen LogP contribution in [0.15, 0.2) is 72.9 Å². The number of aliphatic hydroxyl groups is 2. The normalized spacial score (nSPS) is 13.7. The Bertz CT molecular complexity index is 1200. The summed E-state index contributed by atoms with van der Waals surface area (Å²) in [6.45, 7) is 6.34. The van der Waals surface area contributed by atoms with Crippen LogP contribution in [-0.2, 0) is 14.3 Å². The number of amides is 1. The predicted octanol–water partition coefficient (Wildman–Crippen LogP) is 17.0. The summed E-state index contributed by atoms with van der Waals surface area (Å²) < 4.78 is 5.91. The van der Waals surface area contributed by atoms with Crippen molar-refractivity contribution in [2.45, 2.75) is 283 Å². The van der Waals surface area contributed by atoms with E-state index < -0.39 is 18.2 Å². The highest BCUT2D eigenvalue weighted by atomic mass is 16.5. The molecule has 0 aliphatic carbocycles. The van der Waals surface area contributed by atoms with E-state index in [2.05, 4.69) is 74.7 Å². The van der Waals surface area contributed by atoms with Crippen LogP contribution in [0, 0.1) is 0 Å². The maximum Gasteiger partial charge on any atom is 0.306 e. The number of hydrogen-bond acceptors (Lipinski definition) is 5. The number of unbranched alkanes of at least 4 members (excludes halogenated alkanes) is 29. The second-order valence-electron chi connectivity index (χ2n) is 18.7. The first kappa shape index (κ1) is 62.3. The number of esters is 1. The largest absolute Gasteiger partial charge is 0.462 e. The first-order valence-corrected chi connectivity index (χ1v) is 27.7. The molecule has 0 fully saturated rings. The molecular formula is C59H105NO5. The van der Waals surface area contributed by atoms with Crippen molar-refractivity contribution < 1.29 is 24.5 Å². The van der Waals surface area contributed by atoms with E-state index in [1.165, 1.54) is 135 Å². The smallest absolute Gasteiger partial charge is 0.306 e. The van der Waals surface area contributed by atoms with Crippen molar-refractivity contribution in [3.8, 4) is 0 Å². The lowest BCUT2D eigenvalue weighted by Gasteiger charge is -2.24. The number of ether oxygens (including phenoxy) is 1. The Labute approximate surface area is 402 Å². The second-order valence-corrected chi connectivity index (χ2v) is 18.7. The number of allylic oxidation sites excluding steroid dienone is 12. The lowest BCUT2D eigenvalue weighted by molar-refractivity contribution is -0.151. The quantitative estimate of drug-likeness (QED) is 0.0321. The molecule has 0 aromatic carbocycles. The molecule has 0 aliphatic heterocycles. The molecule has 3 atom stereocenters. The van der Waals surface area contributed by atoms with Crippen molar-refractivity contribution >= 4 is 11.9 Å². The molecule has 0 radical (unpaired) electrons. The number of aliphatic hydroxyl groups excluding tert-OH is 2. The summed E-state index contributed by atoms with van der Waals surface area (Å²) in [6.07, 6.45) is 66.8. The summed E-state index contributed by atoms with van der Waals surface area (Å²) in [4.78, 5) is 26.2. The Morgan fingerprint density at radius 1 is 0.462 bits per heavy atom. The summed E-state index contributed by atoms with van der Waals surface area (Å²) in [7, 11) is 0. The van der Waals surface area contributed by atoms with E-state index in [1.54, 1.807) is 0 Å². The molecule has 0 rings (SSSR count). The van der Waals surface area contributed by atoms with E-state index >= 15 is 0 Å². The van der Waals surface area contributed by atoms with E-state index in [0.29, 0.717) is 19.3 Å². The van der Waals surface area contributed by atoms with E-state index in [4.69, 9.17) is 4.74 Å². The molecule has 0 bridgehead atoms. The van der Waals surface area contributed by atoms with Crippen LogP contribution in [0.5, 0.6) is 0 Å². The second kappa shape index (κ2) is 52.3. The lowest BCUT2D eigenvalue weighted by atomic mass is 10.0. The van der Waals surface area contributed by atoms with E-state index in [0.717, 1.165) is 83.5 Å². The van der Waals surface area contributed by atoms with Gasteiger partial charge < -0.3 is 20.3 Å². The van der Waals surface area contributed by atoms with Crippen LogP contribution in [0.2, 0.25) is 0 Å². The number of carbonyl (C=O) groups excluding carboxylic acids is 2. The highest BCUT2D eigenvalue weighted by Gasteiger charge is 2.24. The van der Waals surface area contributed by atoms with Crippen LogP contribution >= 0.6 is 0 Å². The fraction of sp³-hybridized carbons (Fsp3) is 0.763. The molecule has 3 N–H and O–H groups in total. The van der Waals surface area contributed by atoms with Gasteiger partial charge in [-0.1, -0.05) is 254 Å². The fourth-order valence-corrected chi connectivity index (χ4v) is 8.20. The van der Waals surface area contributed by atoms with Crippen molar-refractivity contribution in [2.75, 3.05) is 6.61 Å². The fourth-order valence-electron chi connectivity index (χ4n) is 8.20. The molecule has 0 spiro atoms. The zero-order chi connectivity index (χ0) is 47.4. The molecule has 3 unspecified atom stereocenters. The van der Waals surface area contributed by atoms with Crippen molar-refractivity contribution in [1.82, 2.24) is 5.32 Å². The molecule has 0 aromatic heterocycles. The number of rotatable bonds is 49. The standard InChI is InChI=1S/C59H105NO5/c1-4-7-10-13-16-19-22-25-27-29-30-33-36-39-42-45-48-51-57(62)56(54-61)60-58(63)53-55(50-47-44-41-38-35-32-24-21-18-15-12-9-6-3)65-59(64)52-49-46-43-40-37-34-31-28-26-23-20-17-14-11-8-5-2/h9,12,15,18,21,24,28,31-32,34-35,37,55-57,61-62H,4-8,10-11,13-14,16-17,19-20,22-23,25-27,29-30,33,36,38-54H2,1-3H3,(H,60,63)/b12-9+,18-15+,24-21+,31-28+,35-32-,37-34+. The molecule has 0 heterocycles. The Morgan fingerprint density at radius 2 is 0.831 bits per heavy atom. The van der Waals surface area contributed by atoms with E-state index in [1.807, 2.05) is 24.3 Å². The molecule has 6 heteroatoms. The molecule has 0 saturated heterocycles. The highest BCUT2D eigenvalue weighted by Crippen LogP contribution is 2.18. The number of carbonyl (C=O) groups is 2. The van der Waals surface area contributed by atoms with Crippen LogP contribution in [0.1, 0.15) is 265 Å². The third-order valence-corrected chi connectivity index (χ3v) is 12.4. The topological polar surface area (TPSA) is 95.9 Å². The monoisotopic (exact) mass is 908 g/mol. The average molecular weight is 908 g/mol. The number of hydrogen-bond donors (Lipinski definition) is 3. The molecule has 6 nitrogen and oxygen atoms in total. The maximum absolute atomic E-state index is 13.2. The van der Waals surface area contributed by atoms with Gasteiger partial charge in [-0.3, -0.25) is 9.59 Å². The van der Waals surface area contributed by atoms with Gasteiger partial charge in [0.2, 0.25) is 5.91 Å². The average Bonchev–Trinajstić information content (AvgIpc) is 3.30. The van der Waals surface area contributed by atoms with E-state index in [9.17, 15) is 19.8 Å². The van der Waals surface area contributed by atoms with Gasteiger partial charge >= 0.3 is 5.97 Å². The molecule has 0 saturated carbocycles. The summed E-state index contributed by atoms with van der Waals surface area (Å²) in [5, 5.41) is 23.8. The van der Waals surface area contributed by atoms with Gasteiger partial charge in [0.05, 0.1) is 25.2 Å². The summed E-state index contributed by atoms with van der Waals surface area (Å²) in [5.41, 5.74) is 0. The zero-order valence-corrected chi connectivity index (χ0v) is 42.9. The lowest BCUT2D eigenvalue weighted by Crippen LogP contribution is -2.46. The highest BCUT2D eigenvalue weighted by molar-refractivity contribution is 5.77. The third-order valence-electron chi connectivity index (χ3n) is 12.4. The van der Waals surface area contributed by atoms with Gasteiger partial charge in [-0.05, 0) is 70.6 Å². The van der Waals surface area contributed by atoms with Gasteiger partial charge in [-0.2, -0.15) is 0 Å². The van der Waals surface area contributed by atoms with E-state index in [-0.39, 0.29) is 24.9 Å². The first-order valence-electron chi connectivity index (χ1n) is 27.7. The Kier molecular flexibility index (Phi) is 50.1. The third kappa shape index (κ3) is 47.6. The van der Waals surface area contributed by atoms with Gasteiger partial charge in [0, 0.05) is 6.42 Å². The Balaban J connectivity index is 4.60. The van der Waals surface area contributed by atoms with Gasteiger partial charge in [0.1, 0.15) is 6.10 Å². The van der Waals surface area contributed by atoms with Crippen molar-refractivity contribution in [2.24, 2.45) is 0 Å². The van der Waals surface area contributed by atoms with Crippen LogP contribution in [-0.4, -0.2) is 46.9 Å². The molecule has 0 aromatic rings. The SMILES string of the molecule is CC/C=C/C=C/C=C/C=C\CCCCCC(CC(=O)NC(CO)C(O)CCCCCCCCCCCCCCCCCCC)OC(=O)CCCCC/C=C/C=C/CCCCCCCCC. The van der Waals surface area contributed by atoms with Crippen LogP contribution in [0.3, 0.4) is 0 Å².